The Balaban J connectivity index is 1.94. The highest BCUT2D eigenvalue weighted by molar-refractivity contribution is 5.96. The van der Waals surface area contributed by atoms with E-state index < -0.39 is 0 Å². The molecule has 0 spiro atoms. The van der Waals surface area contributed by atoms with Crippen LogP contribution in [0.2, 0.25) is 0 Å². The molecule has 0 fully saturated rings. The zero-order chi connectivity index (χ0) is 15.8. The Morgan fingerprint density at radius 3 is 2.68 bits per heavy atom. The van der Waals surface area contributed by atoms with Gasteiger partial charge in [0.1, 0.15) is 12.4 Å². The molecule has 0 aromatic heterocycles. The molecule has 2 rings (SSSR count). The fourth-order valence-electron chi connectivity index (χ4n) is 1.83. The van der Waals surface area contributed by atoms with Crippen LogP contribution in [0.1, 0.15) is 21.5 Å². The van der Waals surface area contributed by atoms with Crippen LogP contribution in [0.15, 0.2) is 53.6 Å². The number of amides is 1. The second kappa shape index (κ2) is 7.65. The minimum atomic E-state index is -0.233. The average Bonchev–Trinajstić information content (AvgIpc) is 2.54. The lowest BCUT2D eigenvalue weighted by Crippen LogP contribution is -2.18. The van der Waals surface area contributed by atoms with Crippen molar-refractivity contribution in [2.24, 2.45) is 5.10 Å². The molecule has 0 aliphatic heterocycles. The van der Waals surface area contributed by atoms with Crippen molar-refractivity contribution >= 4 is 12.1 Å². The van der Waals surface area contributed by atoms with Crippen molar-refractivity contribution in [3.05, 3.63) is 65.2 Å². The molecule has 0 saturated heterocycles. The highest BCUT2D eigenvalue weighted by atomic mass is 16.5. The number of hydrogen-bond donors (Lipinski definition) is 1. The molecule has 0 unspecified atom stereocenters. The number of hydrogen-bond acceptors (Lipinski definition) is 3. The topological polar surface area (TPSA) is 50.7 Å². The molecule has 2 aromatic rings. The average molecular weight is 292 g/mol. The number of terminal acetylenes is 1. The first-order valence-electron chi connectivity index (χ1n) is 6.76. The van der Waals surface area contributed by atoms with Gasteiger partial charge < -0.3 is 4.74 Å². The maximum atomic E-state index is 12.0. The third-order valence-corrected chi connectivity index (χ3v) is 2.97. The first kappa shape index (κ1) is 15.3. The van der Waals surface area contributed by atoms with Crippen LogP contribution in [0.5, 0.6) is 5.75 Å². The van der Waals surface area contributed by atoms with Gasteiger partial charge in [0.25, 0.3) is 5.91 Å². The van der Waals surface area contributed by atoms with Gasteiger partial charge in [-0.05, 0) is 48.4 Å². The molecule has 0 heterocycles. The number of rotatable bonds is 5. The van der Waals surface area contributed by atoms with E-state index in [1.54, 1.807) is 24.4 Å². The SMILES string of the molecule is C#CCOc1ccc(/C=N\NC(=O)c2ccccc2C)cc1. The zero-order valence-electron chi connectivity index (χ0n) is 12.2. The Morgan fingerprint density at radius 1 is 1.27 bits per heavy atom. The molecule has 0 saturated carbocycles. The third kappa shape index (κ3) is 4.22. The standard InChI is InChI=1S/C18H16N2O2/c1-3-12-22-16-10-8-15(9-11-16)13-19-20-18(21)17-7-5-4-6-14(17)2/h1,4-11,13H,12H2,2H3,(H,20,21)/b19-13-. The van der Waals surface area contributed by atoms with E-state index in [0.717, 1.165) is 11.1 Å². The summed E-state index contributed by atoms with van der Waals surface area (Å²) in [7, 11) is 0. The Morgan fingerprint density at radius 2 is 2.00 bits per heavy atom. The van der Waals surface area contributed by atoms with E-state index in [2.05, 4.69) is 16.4 Å². The molecule has 1 amide bonds. The fourth-order valence-corrected chi connectivity index (χ4v) is 1.83. The highest BCUT2D eigenvalue weighted by Crippen LogP contribution is 2.10. The monoisotopic (exact) mass is 292 g/mol. The molecule has 22 heavy (non-hydrogen) atoms. The minimum Gasteiger partial charge on any atom is -0.481 e. The number of hydrazone groups is 1. The van der Waals surface area contributed by atoms with Crippen LogP contribution in [-0.2, 0) is 0 Å². The molecular weight excluding hydrogens is 276 g/mol. The number of ether oxygens (including phenoxy) is 1. The molecular formula is C18H16N2O2. The van der Waals surface area contributed by atoms with Crippen molar-refractivity contribution in [2.45, 2.75) is 6.92 Å². The summed E-state index contributed by atoms with van der Waals surface area (Å²) in [6.07, 6.45) is 6.69. The van der Waals surface area contributed by atoms with Crippen molar-refractivity contribution in [2.75, 3.05) is 6.61 Å². The van der Waals surface area contributed by atoms with E-state index >= 15 is 0 Å². The molecule has 0 atom stereocenters. The van der Waals surface area contributed by atoms with Gasteiger partial charge >= 0.3 is 0 Å². The van der Waals surface area contributed by atoms with Gasteiger partial charge in [-0.2, -0.15) is 5.10 Å². The molecule has 0 bridgehead atoms. The van der Waals surface area contributed by atoms with Crippen LogP contribution in [0.3, 0.4) is 0 Å². The molecule has 0 aliphatic carbocycles. The van der Waals surface area contributed by atoms with Gasteiger partial charge in [0.2, 0.25) is 0 Å². The summed E-state index contributed by atoms with van der Waals surface area (Å²) in [5.41, 5.74) is 4.87. The first-order chi connectivity index (χ1) is 10.7. The predicted molar refractivity (Wildman–Crippen MR) is 87.0 cm³/mol. The molecule has 1 N–H and O–H groups in total. The molecule has 4 heteroatoms. The normalized spacial score (nSPS) is 10.2. The van der Waals surface area contributed by atoms with Crippen molar-refractivity contribution in [3.63, 3.8) is 0 Å². The maximum Gasteiger partial charge on any atom is 0.271 e. The summed E-state index contributed by atoms with van der Waals surface area (Å²) in [6.45, 7) is 2.12. The highest BCUT2D eigenvalue weighted by Gasteiger charge is 2.05. The van der Waals surface area contributed by atoms with Gasteiger partial charge in [-0.25, -0.2) is 5.43 Å². The van der Waals surface area contributed by atoms with Crippen LogP contribution < -0.4 is 10.2 Å². The van der Waals surface area contributed by atoms with Crippen LogP contribution in [0.4, 0.5) is 0 Å². The van der Waals surface area contributed by atoms with Crippen LogP contribution in [0, 0.1) is 19.3 Å². The molecule has 110 valence electrons. The van der Waals surface area contributed by atoms with Crippen molar-refractivity contribution in [1.29, 1.82) is 0 Å². The van der Waals surface area contributed by atoms with Gasteiger partial charge in [0, 0.05) is 5.56 Å². The second-order valence-electron chi connectivity index (χ2n) is 4.58. The quantitative estimate of drug-likeness (QED) is 0.523. The van der Waals surface area contributed by atoms with E-state index in [-0.39, 0.29) is 12.5 Å². The number of benzene rings is 2. The van der Waals surface area contributed by atoms with E-state index in [1.165, 1.54) is 0 Å². The predicted octanol–water partition coefficient (Wildman–Crippen LogP) is 2.77. The zero-order valence-corrected chi connectivity index (χ0v) is 12.2. The van der Waals surface area contributed by atoms with Gasteiger partial charge in [0.05, 0.1) is 6.21 Å². The number of nitrogens with one attached hydrogen (secondary N) is 1. The second-order valence-corrected chi connectivity index (χ2v) is 4.58. The molecule has 0 radical (unpaired) electrons. The summed E-state index contributed by atoms with van der Waals surface area (Å²) >= 11 is 0. The number of carbonyl (C=O) groups is 1. The van der Waals surface area contributed by atoms with Crippen molar-refractivity contribution in [3.8, 4) is 18.1 Å². The smallest absolute Gasteiger partial charge is 0.271 e. The minimum absolute atomic E-state index is 0.233. The summed E-state index contributed by atoms with van der Waals surface area (Å²) in [5.74, 6) is 2.86. The van der Waals surface area contributed by atoms with Crippen LogP contribution >= 0.6 is 0 Å². The molecule has 2 aromatic carbocycles. The lowest BCUT2D eigenvalue weighted by molar-refractivity contribution is 0.0954. The summed E-state index contributed by atoms with van der Waals surface area (Å²) < 4.78 is 5.27. The van der Waals surface area contributed by atoms with Crippen molar-refractivity contribution < 1.29 is 9.53 Å². The summed E-state index contributed by atoms with van der Waals surface area (Å²) in [5, 5.41) is 3.95. The Bertz CT molecular complexity index is 713. The molecule has 4 nitrogen and oxygen atoms in total. The Hall–Kier alpha value is -3.06. The largest absolute Gasteiger partial charge is 0.481 e. The lowest BCUT2D eigenvalue weighted by atomic mass is 10.1. The van der Waals surface area contributed by atoms with Crippen LogP contribution in [0.25, 0.3) is 0 Å². The fraction of sp³-hybridized carbons (Fsp3) is 0.111. The van der Waals surface area contributed by atoms with E-state index in [0.29, 0.717) is 11.3 Å². The number of aryl methyl sites for hydroxylation is 1. The van der Waals surface area contributed by atoms with E-state index in [9.17, 15) is 4.79 Å². The van der Waals surface area contributed by atoms with Gasteiger partial charge in [-0.15, -0.1) is 6.42 Å². The summed E-state index contributed by atoms with van der Waals surface area (Å²) in [6, 6.07) is 14.6. The maximum absolute atomic E-state index is 12.0. The van der Waals surface area contributed by atoms with Gasteiger partial charge in [-0.3, -0.25) is 4.79 Å². The van der Waals surface area contributed by atoms with Crippen molar-refractivity contribution in [1.82, 2.24) is 5.43 Å². The molecule has 0 aliphatic rings. The first-order valence-corrected chi connectivity index (χ1v) is 6.76. The number of nitrogens with zero attached hydrogens (tertiary/aromatic N) is 1. The van der Waals surface area contributed by atoms with Gasteiger partial charge in [-0.1, -0.05) is 24.1 Å². The Kier molecular flexibility index (Phi) is 5.33. The van der Waals surface area contributed by atoms with E-state index in [1.807, 2.05) is 37.3 Å². The summed E-state index contributed by atoms with van der Waals surface area (Å²) in [4.78, 5) is 12.0. The van der Waals surface area contributed by atoms with Gasteiger partial charge in [0.15, 0.2) is 0 Å². The van der Waals surface area contributed by atoms with E-state index in [4.69, 9.17) is 11.2 Å². The third-order valence-electron chi connectivity index (χ3n) is 2.97. The Labute approximate surface area is 129 Å². The van der Waals surface area contributed by atoms with Crippen LogP contribution in [-0.4, -0.2) is 18.7 Å². The lowest BCUT2D eigenvalue weighted by Gasteiger charge is -2.03. The number of carbonyl (C=O) groups excluding carboxylic acids is 1.